The molecule has 1 aromatic carbocycles. The molecule has 1 N–H and O–H groups in total. The number of hydrogen-bond acceptors (Lipinski definition) is 3. The van der Waals surface area contributed by atoms with Crippen molar-refractivity contribution in [1.82, 2.24) is 0 Å². The zero-order valence-corrected chi connectivity index (χ0v) is 7.78. The van der Waals surface area contributed by atoms with E-state index in [0.29, 0.717) is 11.1 Å². The highest BCUT2D eigenvalue weighted by atomic mass is 16.5. The van der Waals surface area contributed by atoms with Crippen molar-refractivity contribution in [3.63, 3.8) is 0 Å². The van der Waals surface area contributed by atoms with Crippen LogP contribution in [0.5, 0.6) is 0 Å². The lowest BCUT2D eigenvalue weighted by Crippen LogP contribution is -2.00. The molecule has 0 bridgehead atoms. The molecule has 0 aromatic heterocycles. The molecule has 0 aliphatic rings. The summed E-state index contributed by atoms with van der Waals surface area (Å²) in [6.45, 7) is -0.192. The van der Waals surface area contributed by atoms with E-state index in [9.17, 15) is 4.79 Å². The summed E-state index contributed by atoms with van der Waals surface area (Å²) < 4.78 is 4.56. The normalized spacial score (nSPS) is 8.71. The van der Waals surface area contributed by atoms with Crippen LogP contribution < -0.4 is 0 Å². The molecule has 0 aliphatic heterocycles. The zero-order chi connectivity index (χ0) is 10.4. The Balaban J connectivity index is 2.95. The van der Waals surface area contributed by atoms with Gasteiger partial charge in [-0.05, 0) is 18.2 Å². The number of benzene rings is 1. The van der Waals surface area contributed by atoms with Crippen molar-refractivity contribution in [1.29, 1.82) is 0 Å². The van der Waals surface area contributed by atoms with Crippen molar-refractivity contribution in [2.24, 2.45) is 0 Å². The van der Waals surface area contributed by atoms with Gasteiger partial charge in [0.05, 0.1) is 12.7 Å². The molecule has 0 radical (unpaired) electrons. The molecule has 0 aliphatic carbocycles. The van der Waals surface area contributed by atoms with Gasteiger partial charge >= 0.3 is 5.97 Å². The Morgan fingerprint density at radius 3 is 3.00 bits per heavy atom. The third kappa shape index (κ3) is 2.61. The van der Waals surface area contributed by atoms with Crippen LogP contribution in [0.25, 0.3) is 0 Å². The minimum atomic E-state index is -0.391. The van der Waals surface area contributed by atoms with Gasteiger partial charge < -0.3 is 9.84 Å². The number of esters is 1. The first kappa shape index (κ1) is 10.3. The van der Waals surface area contributed by atoms with Crippen LogP contribution in [0.15, 0.2) is 24.3 Å². The Labute approximate surface area is 82.3 Å². The molecular formula is C11H10O3. The molecule has 1 rings (SSSR count). The van der Waals surface area contributed by atoms with E-state index in [1.54, 1.807) is 24.3 Å². The van der Waals surface area contributed by atoms with E-state index in [0.717, 1.165) is 0 Å². The Bertz CT molecular complexity index is 385. The summed E-state index contributed by atoms with van der Waals surface area (Å²) in [5.74, 6) is 4.82. The van der Waals surface area contributed by atoms with E-state index in [2.05, 4.69) is 16.6 Å². The highest BCUT2D eigenvalue weighted by Gasteiger charge is 2.03. The molecule has 0 saturated heterocycles. The van der Waals surface area contributed by atoms with E-state index in [1.807, 2.05) is 0 Å². The summed E-state index contributed by atoms with van der Waals surface area (Å²) in [6.07, 6.45) is 0. The average molecular weight is 190 g/mol. The maximum atomic E-state index is 11.1. The van der Waals surface area contributed by atoms with Crippen molar-refractivity contribution in [3.8, 4) is 11.8 Å². The van der Waals surface area contributed by atoms with Crippen LogP contribution in [0, 0.1) is 11.8 Å². The molecule has 3 nitrogen and oxygen atoms in total. The quantitative estimate of drug-likeness (QED) is 0.526. The minimum absolute atomic E-state index is 0.192. The van der Waals surface area contributed by atoms with Gasteiger partial charge in [0.1, 0.15) is 6.61 Å². The lowest BCUT2D eigenvalue weighted by Gasteiger charge is -1.98. The van der Waals surface area contributed by atoms with Gasteiger partial charge in [-0.3, -0.25) is 0 Å². The van der Waals surface area contributed by atoms with Crippen molar-refractivity contribution >= 4 is 5.97 Å². The predicted molar refractivity (Wildman–Crippen MR) is 51.7 cm³/mol. The molecule has 72 valence electrons. The maximum Gasteiger partial charge on any atom is 0.337 e. The highest BCUT2D eigenvalue weighted by Crippen LogP contribution is 2.05. The van der Waals surface area contributed by atoms with Gasteiger partial charge in [0.2, 0.25) is 0 Å². The maximum absolute atomic E-state index is 11.1. The molecule has 0 spiro atoms. The number of methoxy groups -OCH3 is 1. The third-order valence-corrected chi connectivity index (χ3v) is 1.60. The van der Waals surface area contributed by atoms with E-state index in [1.165, 1.54) is 7.11 Å². The molecule has 3 heteroatoms. The Kier molecular flexibility index (Phi) is 3.71. The number of hydrogen-bond donors (Lipinski definition) is 1. The number of rotatable bonds is 1. The molecule has 1 aromatic rings. The second kappa shape index (κ2) is 5.05. The summed E-state index contributed by atoms with van der Waals surface area (Å²) >= 11 is 0. The molecule has 14 heavy (non-hydrogen) atoms. The van der Waals surface area contributed by atoms with Gasteiger partial charge in [-0.15, -0.1) is 0 Å². The second-order valence-electron chi connectivity index (χ2n) is 2.53. The number of aliphatic hydroxyl groups is 1. The molecule has 0 unspecified atom stereocenters. The summed E-state index contributed by atoms with van der Waals surface area (Å²) in [5.41, 5.74) is 1.14. The van der Waals surface area contributed by atoms with Crippen molar-refractivity contribution in [2.75, 3.05) is 13.7 Å². The van der Waals surface area contributed by atoms with Crippen LogP contribution in [0.3, 0.4) is 0 Å². The second-order valence-corrected chi connectivity index (χ2v) is 2.53. The van der Waals surface area contributed by atoms with Crippen molar-refractivity contribution in [3.05, 3.63) is 35.4 Å². The molecular weight excluding hydrogens is 180 g/mol. The highest BCUT2D eigenvalue weighted by molar-refractivity contribution is 5.89. The fourth-order valence-electron chi connectivity index (χ4n) is 0.983. The van der Waals surface area contributed by atoms with E-state index < -0.39 is 5.97 Å². The van der Waals surface area contributed by atoms with Gasteiger partial charge in [-0.1, -0.05) is 17.9 Å². The fourth-order valence-corrected chi connectivity index (χ4v) is 0.983. The summed E-state index contributed by atoms with van der Waals surface area (Å²) in [7, 11) is 1.33. The van der Waals surface area contributed by atoms with Crippen molar-refractivity contribution < 1.29 is 14.6 Å². The summed E-state index contributed by atoms with van der Waals surface area (Å²) in [5, 5.41) is 8.49. The van der Waals surface area contributed by atoms with Crippen molar-refractivity contribution in [2.45, 2.75) is 0 Å². The van der Waals surface area contributed by atoms with E-state index in [4.69, 9.17) is 5.11 Å². The molecule has 0 atom stereocenters. The monoisotopic (exact) mass is 190 g/mol. The van der Waals surface area contributed by atoms with Crippen LogP contribution in [-0.2, 0) is 4.74 Å². The SMILES string of the molecule is COC(=O)c1cccc(C#CCO)c1. The largest absolute Gasteiger partial charge is 0.465 e. The lowest BCUT2D eigenvalue weighted by molar-refractivity contribution is 0.0600. The first-order valence-electron chi connectivity index (χ1n) is 4.06. The molecule has 0 heterocycles. The smallest absolute Gasteiger partial charge is 0.337 e. The molecule has 0 fully saturated rings. The fraction of sp³-hybridized carbons (Fsp3) is 0.182. The number of carbonyl (C=O) groups is 1. The lowest BCUT2D eigenvalue weighted by atomic mass is 10.1. The van der Waals surface area contributed by atoms with E-state index in [-0.39, 0.29) is 6.61 Å². The number of ether oxygens (including phenoxy) is 1. The van der Waals surface area contributed by atoms with Crippen LogP contribution >= 0.6 is 0 Å². The standard InChI is InChI=1S/C11H10O3/c1-14-11(13)10-6-2-4-9(8-10)5-3-7-12/h2,4,6,8,12H,7H2,1H3. The third-order valence-electron chi connectivity index (χ3n) is 1.60. The van der Waals surface area contributed by atoms with Gasteiger partial charge in [0, 0.05) is 5.56 Å². The van der Waals surface area contributed by atoms with Crippen LogP contribution in [-0.4, -0.2) is 24.8 Å². The average Bonchev–Trinajstić information content (AvgIpc) is 2.25. The van der Waals surface area contributed by atoms with Crippen LogP contribution in [0.2, 0.25) is 0 Å². The summed E-state index contributed by atoms with van der Waals surface area (Å²) in [4.78, 5) is 11.1. The topological polar surface area (TPSA) is 46.5 Å². The number of carbonyl (C=O) groups excluding carboxylic acids is 1. The van der Waals surface area contributed by atoms with Gasteiger partial charge in [-0.2, -0.15) is 0 Å². The van der Waals surface area contributed by atoms with E-state index >= 15 is 0 Å². The Hall–Kier alpha value is -1.79. The van der Waals surface area contributed by atoms with Crippen LogP contribution in [0.4, 0.5) is 0 Å². The minimum Gasteiger partial charge on any atom is -0.465 e. The van der Waals surface area contributed by atoms with Gasteiger partial charge in [0.25, 0.3) is 0 Å². The van der Waals surface area contributed by atoms with Gasteiger partial charge in [-0.25, -0.2) is 4.79 Å². The van der Waals surface area contributed by atoms with Crippen LogP contribution in [0.1, 0.15) is 15.9 Å². The zero-order valence-electron chi connectivity index (χ0n) is 7.78. The first-order valence-corrected chi connectivity index (χ1v) is 4.06. The number of aliphatic hydroxyl groups excluding tert-OH is 1. The Morgan fingerprint density at radius 2 is 2.36 bits per heavy atom. The predicted octanol–water partition coefficient (Wildman–Crippen LogP) is 0.817. The molecule has 0 amide bonds. The Morgan fingerprint density at radius 1 is 1.57 bits per heavy atom. The first-order chi connectivity index (χ1) is 6.77. The van der Waals surface area contributed by atoms with Gasteiger partial charge in [0.15, 0.2) is 0 Å². The summed E-state index contributed by atoms with van der Waals surface area (Å²) in [6, 6.07) is 6.74. The molecule has 0 saturated carbocycles.